The van der Waals surface area contributed by atoms with Crippen LogP contribution in [0.1, 0.15) is 41.6 Å². The van der Waals surface area contributed by atoms with E-state index in [1.165, 1.54) is 32.7 Å². The molecule has 5 aromatic carbocycles. The minimum absolute atomic E-state index is 0.0209. The van der Waals surface area contributed by atoms with Gasteiger partial charge < -0.3 is 15.0 Å². The molecule has 1 fully saturated rings. The second kappa shape index (κ2) is 13.6. The van der Waals surface area contributed by atoms with Gasteiger partial charge in [0.15, 0.2) is 0 Å². The molecule has 7 rings (SSSR count). The smallest absolute Gasteiger partial charge is 0.224 e. The largest absolute Gasteiger partial charge is 0.372 e. The van der Waals surface area contributed by atoms with Crippen LogP contribution < -0.4 is 10.2 Å². The van der Waals surface area contributed by atoms with Crippen molar-refractivity contribution in [3.63, 3.8) is 0 Å². The number of hydrogen-bond acceptors (Lipinski definition) is 5. The molecule has 0 radical (unpaired) electrons. The molecule has 1 aliphatic rings. The molecule has 6 aromatic rings. The fourth-order valence-corrected chi connectivity index (χ4v) is 6.58. The predicted molar refractivity (Wildman–Crippen MR) is 184 cm³/mol. The van der Waals surface area contributed by atoms with Crippen molar-refractivity contribution in [3.8, 4) is 0 Å². The van der Waals surface area contributed by atoms with Gasteiger partial charge in [-0.15, -0.1) is 5.10 Å². The van der Waals surface area contributed by atoms with Crippen LogP contribution in [0, 0.1) is 0 Å². The van der Waals surface area contributed by atoms with Crippen LogP contribution in [0.3, 0.4) is 0 Å². The third-order valence-corrected chi connectivity index (χ3v) is 9.13. The average Bonchev–Trinajstić information content (AvgIpc) is 3.57. The summed E-state index contributed by atoms with van der Waals surface area (Å²) < 4.78 is 8.57. The van der Waals surface area contributed by atoms with E-state index in [0.717, 1.165) is 49.4 Å². The van der Waals surface area contributed by atoms with Crippen molar-refractivity contribution in [1.82, 2.24) is 20.3 Å². The molecule has 1 amide bonds. The molecule has 0 aliphatic carbocycles. The quantitative estimate of drug-likeness (QED) is 0.180. The van der Waals surface area contributed by atoms with Crippen LogP contribution in [0.5, 0.6) is 0 Å². The molecule has 232 valence electrons. The molecule has 1 saturated heterocycles. The number of benzene rings is 5. The van der Waals surface area contributed by atoms with E-state index >= 15 is 0 Å². The van der Waals surface area contributed by atoms with Gasteiger partial charge in [0.2, 0.25) is 5.91 Å². The average molecular weight is 610 g/mol. The Balaban J connectivity index is 0.994. The summed E-state index contributed by atoms with van der Waals surface area (Å²) in [5, 5.41) is 17.1. The maximum absolute atomic E-state index is 12.7. The summed E-state index contributed by atoms with van der Waals surface area (Å²) in [4.78, 5) is 14.5. The van der Waals surface area contributed by atoms with E-state index in [2.05, 4.69) is 101 Å². The van der Waals surface area contributed by atoms with Crippen molar-refractivity contribution in [1.29, 1.82) is 0 Å². The number of amides is 1. The van der Waals surface area contributed by atoms with Gasteiger partial charge in [-0.3, -0.25) is 4.79 Å². The van der Waals surface area contributed by atoms with Crippen molar-refractivity contribution in [2.24, 2.45) is 0 Å². The number of aromatic nitrogens is 3. The summed E-state index contributed by atoms with van der Waals surface area (Å²) in [5.74, 6) is 0.242. The first-order valence-corrected chi connectivity index (χ1v) is 16.1. The van der Waals surface area contributed by atoms with Crippen LogP contribution in [-0.4, -0.2) is 40.1 Å². The van der Waals surface area contributed by atoms with E-state index in [1.807, 2.05) is 40.0 Å². The topological polar surface area (TPSA) is 72.3 Å². The van der Waals surface area contributed by atoms with Gasteiger partial charge in [-0.2, -0.15) is 0 Å². The molecule has 7 heteroatoms. The van der Waals surface area contributed by atoms with Gasteiger partial charge in [0.25, 0.3) is 0 Å². The SMILES string of the molecule is CC(=O)N(Cc1ccc2ccccc2c1)c1ccc(CCn2nncc2C2CCNCC2OCc2ccc3ccccc3c2)cc1. The molecule has 0 spiro atoms. The van der Waals surface area contributed by atoms with E-state index in [0.29, 0.717) is 13.2 Å². The monoisotopic (exact) mass is 609 g/mol. The van der Waals surface area contributed by atoms with Gasteiger partial charge in [-0.1, -0.05) is 90.1 Å². The summed E-state index contributed by atoms with van der Waals surface area (Å²) in [6.45, 7) is 5.20. The molecular weight excluding hydrogens is 570 g/mol. The molecule has 1 N–H and O–H groups in total. The first-order valence-electron chi connectivity index (χ1n) is 16.1. The third-order valence-electron chi connectivity index (χ3n) is 9.13. The molecule has 2 unspecified atom stereocenters. The van der Waals surface area contributed by atoms with Gasteiger partial charge >= 0.3 is 0 Å². The Bertz CT molecular complexity index is 1950. The second-order valence-electron chi connectivity index (χ2n) is 12.2. The zero-order valence-corrected chi connectivity index (χ0v) is 26.2. The number of ether oxygens (including phenoxy) is 1. The number of aryl methyl sites for hydroxylation is 2. The Kier molecular flexibility index (Phi) is 8.85. The van der Waals surface area contributed by atoms with Gasteiger partial charge in [0, 0.05) is 31.6 Å². The predicted octanol–water partition coefficient (Wildman–Crippen LogP) is 7.04. The maximum atomic E-state index is 12.7. The number of nitrogens with zero attached hydrogens (tertiary/aromatic N) is 4. The summed E-state index contributed by atoms with van der Waals surface area (Å²) in [6, 6.07) is 38.0. The number of carbonyl (C=O) groups is 1. The lowest BCUT2D eigenvalue weighted by Crippen LogP contribution is -2.41. The van der Waals surface area contributed by atoms with Crippen molar-refractivity contribution < 1.29 is 9.53 Å². The minimum atomic E-state index is 0.0209. The molecule has 2 atom stereocenters. The lowest BCUT2D eigenvalue weighted by molar-refractivity contribution is -0.116. The fourth-order valence-electron chi connectivity index (χ4n) is 6.58. The van der Waals surface area contributed by atoms with E-state index in [-0.39, 0.29) is 17.9 Å². The number of piperidine rings is 1. The normalized spacial score (nSPS) is 16.5. The van der Waals surface area contributed by atoms with Crippen LogP contribution in [0.4, 0.5) is 5.69 Å². The summed E-state index contributed by atoms with van der Waals surface area (Å²) >= 11 is 0. The number of carbonyl (C=O) groups excluding carboxylic acids is 1. The highest BCUT2D eigenvalue weighted by molar-refractivity contribution is 5.91. The third kappa shape index (κ3) is 6.71. The molecule has 1 aliphatic heterocycles. The number of fused-ring (bicyclic) bond motifs is 2. The van der Waals surface area contributed by atoms with Gasteiger partial charge in [-0.25, -0.2) is 4.68 Å². The van der Waals surface area contributed by atoms with Gasteiger partial charge in [0.05, 0.1) is 31.1 Å². The molecule has 7 nitrogen and oxygen atoms in total. The Morgan fingerprint density at radius 1 is 0.848 bits per heavy atom. The van der Waals surface area contributed by atoms with Crippen LogP contribution in [-0.2, 0) is 35.6 Å². The van der Waals surface area contributed by atoms with Crippen molar-refractivity contribution in [3.05, 3.63) is 138 Å². The first-order chi connectivity index (χ1) is 22.6. The number of nitrogens with one attached hydrogen (secondary N) is 1. The van der Waals surface area contributed by atoms with Gasteiger partial charge in [0.1, 0.15) is 0 Å². The lowest BCUT2D eigenvalue weighted by Gasteiger charge is -2.32. The Hall–Kier alpha value is -4.85. The molecule has 1 aromatic heterocycles. The Labute approximate surface area is 269 Å². The lowest BCUT2D eigenvalue weighted by atomic mass is 9.91. The number of anilines is 1. The Morgan fingerprint density at radius 3 is 2.22 bits per heavy atom. The van der Waals surface area contributed by atoms with Crippen LogP contribution in [0.15, 0.2) is 115 Å². The second-order valence-corrected chi connectivity index (χ2v) is 12.2. The highest BCUT2D eigenvalue weighted by Gasteiger charge is 2.30. The highest BCUT2D eigenvalue weighted by Crippen LogP contribution is 2.29. The first kappa shape index (κ1) is 29.8. The van der Waals surface area contributed by atoms with Crippen molar-refractivity contribution in [2.45, 2.75) is 51.5 Å². The molecular formula is C39H39N5O2. The van der Waals surface area contributed by atoms with Crippen LogP contribution >= 0.6 is 0 Å². The number of hydrogen-bond donors (Lipinski definition) is 1. The zero-order valence-electron chi connectivity index (χ0n) is 26.2. The minimum Gasteiger partial charge on any atom is -0.372 e. The van der Waals surface area contributed by atoms with E-state index < -0.39 is 0 Å². The van der Waals surface area contributed by atoms with Crippen LogP contribution in [0.2, 0.25) is 0 Å². The molecule has 0 bridgehead atoms. The van der Waals surface area contributed by atoms with Crippen LogP contribution in [0.25, 0.3) is 21.5 Å². The standard InChI is InChI=1S/C39H39N5O2/c1-28(45)43(26-30-10-14-32-6-2-4-8-34(32)22-30)36-16-12-29(13-17-36)19-21-44-38(24-41-42-44)37-18-20-40-25-39(37)46-27-31-11-15-33-7-3-5-9-35(33)23-31/h2-17,22-24,37,39-40H,18-21,25-27H2,1H3. The maximum Gasteiger partial charge on any atom is 0.224 e. The van der Waals surface area contributed by atoms with E-state index in [4.69, 9.17) is 4.74 Å². The number of rotatable bonds is 10. The van der Waals surface area contributed by atoms with E-state index in [1.54, 1.807) is 6.92 Å². The fraction of sp³-hybridized carbons (Fsp3) is 0.256. The molecule has 0 saturated carbocycles. The van der Waals surface area contributed by atoms with E-state index in [9.17, 15) is 4.79 Å². The summed E-state index contributed by atoms with van der Waals surface area (Å²) in [6.07, 6.45) is 3.73. The van der Waals surface area contributed by atoms with Crippen molar-refractivity contribution in [2.75, 3.05) is 18.0 Å². The zero-order chi connectivity index (χ0) is 31.3. The summed E-state index contributed by atoms with van der Waals surface area (Å²) in [7, 11) is 0. The van der Waals surface area contributed by atoms with Gasteiger partial charge in [-0.05, 0) is 81.9 Å². The molecule has 46 heavy (non-hydrogen) atoms. The Morgan fingerprint density at radius 2 is 1.50 bits per heavy atom. The highest BCUT2D eigenvalue weighted by atomic mass is 16.5. The molecule has 2 heterocycles. The summed E-state index contributed by atoms with van der Waals surface area (Å²) in [5.41, 5.74) is 5.49. The van der Waals surface area contributed by atoms with Crippen molar-refractivity contribution >= 4 is 33.1 Å².